The number of nitrogens with zero attached hydrogens (tertiary/aromatic N) is 5. The maximum absolute atomic E-state index is 14.1. The third kappa shape index (κ3) is 5.49. The molecule has 0 saturated heterocycles. The van der Waals surface area contributed by atoms with Gasteiger partial charge in [0.25, 0.3) is 0 Å². The average Bonchev–Trinajstić information content (AvgIpc) is 2.81. The van der Waals surface area contributed by atoms with Crippen LogP contribution in [0.25, 0.3) is 11.3 Å². The Balaban J connectivity index is 1.87. The van der Waals surface area contributed by atoms with Crippen LogP contribution in [0.4, 0.5) is 10.3 Å². The number of benzene rings is 1. The van der Waals surface area contributed by atoms with Gasteiger partial charge in [-0.2, -0.15) is 5.10 Å². The Morgan fingerprint density at radius 2 is 1.91 bits per heavy atom. The molecule has 3 rings (SSSR count). The Morgan fingerprint density at radius 3 is 2.61 bits per heavy atom. The van der Waals surface area contributed by atoms with Gasteiger partial charge in [-0.1, -0.05) is 32.9 Å². The smallest absolute Gasteiger partial charge is 0.221 e. The maximum atomic E-state index is 14.1. The highest BCUT2D eigenvalue weighted by Crippen LogP contribution is 2.31. The highest BCUT2D eigenvalue weighted by molar-refractivity contribution is 6.37. The fourth-order valence-corrected chi connectivity index (χ4v) is 3.17. The number of methoxy groups -OCH3 is 1. The number of para-hydroxylation sites is 1. The third-order valence-electron chi connectivity index (χ3n) is 5.44. The van der Waals surface area contributed by atoms with E-state index in [9.17, 15) is 4.39 Å². The standard InChI is InChI=1S/C24H28FN7O/c1-5-24(2,3)21-11-6-8-15(29-21)13-28-14-20(32-27)19-12-18(30-23(26)31-19)16-9-7-10-17(25)22(16)33-4/h6-12,14H,5,13,27H2,1-4H3,(H2,26,30,31). The van der Waals surface area contributed by atoms with Gasteiger partial charge < -0.3 is 16.3 Å². The van der Waals surface area contributed by atoms with Crippen molar-refractivity contribution in [2.24, 2.45) is 15.9 Å². The molecule has 172 valence electrons. The maximum Gasteiger partial charge on any atom is 0.221 e. The summed E-state index contributed by atoms with van der Waals surface area (Å²) in [6.45, 7) is 6.80. The Kier molecular flexibility index (Phi) is 7.32. The molecule has 0 aliphatic carbocycles. The SMILES string of the molecule is CCC(C)(C)c1cccc(CN=CC(=NN)c2cc(-c3cccc(F)c3OC)nc(N)n2)n1. The van der Waals surface area contributed by atoms with Gasteiger partial charge in [-0.25, -0.2) is 14.4 Å². The van der Waals surface area contributed by atoms with Crippen LogP contribution in [-0.4, -0.2) is 34.0 Å². The minimum Gasteiger partial charge on any atom is -0.493 e. The number of nitrogen functional groups attached to an aromatic ring is 1. The lowest BCUT2D eigenvalue weighted by atomic mass is 9.86. The first-order valence-corrected chi connectivity index (χ1v) is 10.5. The van der Waals surface area contributed by atoms with Crippen molar-refractivity contribution in [3.8, 4) is 17.0 Å². The van der Waals surface area contributed by atoms with Crippen molar-refractivity contribution in [2.45, 2.75) is 39.2 Å². The fourth-order valence-electron chi connectivity index (χ4n) is 3.17. The van der Waals surface area contributed by atoms with Crippen LogP contribution in [0.1, 0.15) is 44.3 Å². The number of hydrogen-bond acceptors (Lipinski definition) is 8. The molecular weight excluding hydrogens is 421 g/mol. The molecule has 33 heavy (non-hydrogen) atoms. The highest BCUT2D eigenvalue weighted by atomic mass is 19.1. The number of halogens is 1. The van der Waals surface area contributed by atoms with Gasteiger partial charge in [-0.05, 0) is 36.8 Å². The van der Waals surface area contributed by atoms with E-state index in [4.69, 9.17) is 21.3 Å². The van der Waals surface area contributed by atoms with Crippen molar-refractivity contribution in [1.82, 2.24) is 15.0 Å². The van der Waals surface area contributed by atoms with E-state index in [0.717, 1.165) is 17.8 Å². The number of aliphatic imine (C=N–C) groups is 1. The zero-order chi connectivity index (χ0) is 24.0. The summed E-state index contributed by atoms with van der Waals surface area (Å²) in [6.07, 6.45) is 2.48. The number of hydrazone groups is 1. The van der Waals surface area contributed by atoms with Gasteiger partial charge in [0.05, 0.1) is 37.0 Å². The molecule has 8 nitrogen and oxygen atoms in total. The van der Waals surface area contributed by atoms with E-state index in [1.165, 1.54) is 19.4 Å². The zero-order valence-electron chi connectivity index (χ0n) is 19.2. The normalized spacial score (nSPS) is 12.3. The molecule has 1 aromatic carbocycles. The van der Waals surface area contributed by atoms with Crippen molar-refractivity contribution in [2.75, 3.05) is 12.8 Å². The van der Waals surface area contributed by atoms with E-state index in [1.807, 2.05) is 18.2 Å². The van der Waals surface area contributed by atoms with Crippen molar-refractivity contribution < 1.29 is 9.13 Å². The van der Waals surface area contributed by atoms with Crippen LogP contribution >= 0.6 is 0 Å². The number of ether oxygens (including phenoxy) is 1. The number of pyridine rings is 1. The lowest BCUT2D eigenvalue weighted by Crippen LogP contribution is -2.18. The van der Waals surface area contributed by atoms with Crippen LogP contribution in [-0.2, 0) is 12.0 Å². The van der Waals surface area contributed by atoms with Crippen LogP contribution < -0.4 is 16.3 Å². The summed E-state index contributed by atoms with van der Waals surface area (Å²) in [5.41, 5.74) is 9.18. The molecular formula is C24H28FN7O. The average molecular weight is 450 g/mol. The molecule has 0 amide bonds. The Hall–Kier alpha value is -3.88. The summed E-state index contributed by atoms with van der Waals surface area (Å²) < 4.78 is 19.3. The summed E-state index contributed by atoms with van der Waals surface area (Å²) in [7, 11) is 1.39. The molecule has 4 N–H and O–H groups in total. The van der Waals surface area contributed by atoms with Crippen molar-refractivity contribution in [3.63, 3.8) is 0 Å². The molecule has 0 atom stereocenters. The van der Waals surface area contributed by atoms with Gasteiger partial charge in [0, 0.05) is 16.7 Å². The second-order valence-electron chi connectivity index (χ2n) is 8.05. The summed E-state index contributed by atoms with van der Waals surface area (Å²) in [5.74, 6) is 5.13. The minimum absolute atomic E-state index is 0.0143. The van der Waals surface area contributed by atoms with Crippen LogP contribution in [0, 0.1) is 5.82 Å². The zero-order valence-corrected chi connectivity index (χ0v) is 19.2. The molecule has 2 heterocycles. The largest absolute Gasteiger partial charge is 0.493 e. The van der Waals surface area contributed by atoms with E-state index in [-0.39, 0.29) is 17.1 Å². The second-order valence-corrected chi connectivity index (χ2v) is 8.05. The predicted octanol–water partition coefficient (Wildman–Crippen LogP) is 3.89. The van der Waals surface area contributed by atoms with E-state index in [1.54, 1.807) is 18.2 Å². The lowest BCUT2D eigenvalue weighted by molar-refractivity contribution is 0.388. The topological polar surface area (TPSA) is 125 Å². The van der Waals surface area contributed by atoms with Crippen LogP contribution in [0.2, 0.25) is 0 Å². The summed E-state index contributed by atoms with van der Waals surface area (Å²) in [5, 5.41) is 3.79. The summed E-state index contributed by atoms with van der Waals surface area (Å²) in [6, 6.07) is 12.1. The molecule has 0 aliphatic heterocycles. The van der Waals surface area contributed by atoms with Crippen LogP contribution in [0.3, 0.4) is 0 Å². The molecule has 0 radical (unpaired) electrons. The van der Waals surface area contributed by atoms with E-state index in [0.29, 0.717) is 29.2 Å². The number of anilines is 1. The van der Waals surface area contributed by atoms with E-state index < -0.39 is 5.82 Å². The molecule has 3 aromatic rings. The third-order valence-corrected chi connectivity index (χ3v) is 5.44. The van der Waals surface area contributed by atoms with Gasteiger partial charge in [-0.3, -0.25) is 9.98 Å². The summed E-state index contributed by atoms with van der Waals surface area (Å²) in [4.78, 5) is 17.6. The van der Waals surface area contributed by atoms with Gasteiger partial charge >= 0.3 is 0 Å². The van der Waals surface area contributed by atoms with E-state index >= 15 is 0 Å². The molecule has 0 aliphatic rings. The number of rotatable bonds is 8. The lowest BCUT2D eigenvalue weighted by Gasteiger charge is -2.22. The predicted molar refractivity (Wildman–Crippen MR) is 129 cm³/mol. The van der Waals surface area contributed by atoms with Crippen LogP contribution in [0.15, 0.2) is 52.6 Å². The van der Waals surface area contributed by atoms with Gasteiger partial charge in [0.15, 0.2) is 11.6 Å². The molecule has 2 aromatic heterocycles. The molecule has 0 unspecified atom stereocenters. The van der Waals surface area contributed by atoms with Crippen molar-refractivity contribution >= 4 is 17.9 Å². The van der Waals surface area contributed by atoms with Crippen molar-refractivity contribution in [3.05, 3.63) is 65.4 Å². The Labute approximate surface area is 192 Å². The minimum atomic E-state index is -0.510. The first-order valence-electron chi connectivity index (χ1n) is 10.5. The first-order chi connectivity index (χ1) is 15.8. The molecule has 0 saturated carbocycles. The van der Waals surface area contributed by atoms with Gasteiger partial charge in [0.2, 0.25) is 5.95 Å². The molecule has 9 heteroatoms. The number of nitrogens with two attached hydrogens (primary N) is 2. The molecule has 0 spiro atoms. The quantitative estimate of drug-likeness (QED) is 0.305. The second kappa shape index (κ2) is 10.2. The van der Waals surface area contributed by atoms with Gasteiger partial charge in [0.1, 0.15) is 5.71 Å². The summed E-state index contributed by atoms with van der Waals surface area (Å²) >= 11 is 0. The highest BCUT2D eigenvalue weighted by Gasteiger charge is 2.19. The first kappa shape index (κ1) is 23.8. The van der Waals surface area contributed by atoms with Crippen LogP contribution in [0.5, 0.6) is 5.75 Å². The fraction of sp³-hybridized carbons (Fsp3) is 0.292. The van der Waals surface area contributed by atoms with Crippen molar-refractivity contribution in [1.29, 1.82) is 0 Å². The molecule has 0 bridgehead atoms. The Bertz CT molecular complexity index is 1190. The van der Waals surface area contributed by atoms with Gasteiger partial charge in [-0.15, -0.1) is 0 Å². The number of aromatic nitrogens is 3. The Morgan fingerprint density at radius 1 is 1.15 bits per heavy atom. The molecule has 0 fully saturated rings. The monoisotopic (exact) mass is 449 g/mol. The number of hydrogen-bond donors (Lipinski definition) is 2. The van der Waals surface area contributed by atoms with E-state index in [2.05, 4.69) is 40.8 Å².